The van der Waals surface area contributed by atoms with Crippen LogP contribution in [0.3, 0.4) is 0 Å². The Morgan fingerprint density at radius 2 is 1.84 bits per heavy atom. The second-order valence-corrected chi connectivity index (χ2v) is 7.14. The van der Waals surface area contributed by atoms with Crippen molar-refractivity contribution < 1.29 is 14.4 Å². The highest BCUT2D eigenvalue weighted by Crippen LogP contribution is 2.23. The van der Waals surface area contributed by atoms with Crippen molar-refractivity contribution in [1.82, 2.24) is 19.8 Å². The second kappa shape index (κ2) is 8.27. The van der Waals surface area contributed by atoms with Crippen LogP contribution in [0.1, 0.15) is 17.0 Å². The molecule has 1 fully saturated rings. The standard InChI is InChI=1S/C23H21N5O3/c1-15-12-17(16(2)28(15)20-10-6-7-11-24-20)13-19-22(30)27(23(31)26-19)14-21(29)25-18-8-4-3-5-9-18/h3-13H,14H2,1-2H3,(H,25,29)(H,26,31)/b19-13-. The van der Waals surface area contributed by atoms with Crippen LogP contribution in [0, 0.1) is 13.8 Å². The Hall–Kier alpha value is -4.20. The van der Waals surface area contributed by atoms with Gasteiger partial charge in [0.25, 0.3) is 5.91 Å². The van der Waals surface area contributed by atoms with Crippen molar-refractivity contribution in [3.63, 3.8) is 0 Å². The zero-order chi connectivity index (χ0) is 22.0. The van der Waals surface area contributed by atoms with Gasteiger partial charge in [0.05, 0.1) is 0 Å². The summed E-state index contributed by atoms with van der Waals surface area (Å²) >= 11 is 0. The summed E-state index contributed by atoms with van der Waals surface area (Å²) in [6, 6.07) is 15.8. The molecule has 0 bridgehead atoms. The summed E-state index contributed by atoms with van der Waals surface area (Å²) in [5.74, 6) is -0.233. The maximum Gasteiger partial charge on any atom is 0.329 e. The highest BCUT2D eigenvalue weighted by atomic mass is 16.2. The Bertz CT molecular complexity index is 1180. The lowest BCUT2D eigenvalue weighted by atomic mass is 10.2. The summed E-state index contributed by atoms with van der Waals surface area (Å²) < 4.78 is 1.97. The van der Waals surface area contributed by atoms with Gasteiger partial charge in [0.15, 0.2) is 0 Å². The third-order valence-corrected chi connectivity index (χ3v) is 4.97. The lowest BCUT2D eigenvalue weighted by Gasteiger charge is -2.11. The number of nitrogens with zero attached hydrogens (tertiary/aromatic N) is 3. The molecule has 8 nitrogen and oxygen atoms in total. The minimum Gasteiger partial charge on any atom is -0.325 e. The van der Waals surface area contributed by atoms with E-state index in [4.69, 9.17) is 0 Å². The van der Waals surface area contributed by atoms with E-state index in [0.29, 0.717) is 5.69 Å². The number of aromatic nitrogens is 2. The van der Waals surface area contributed by atoms with Gasteiger partial charge in [0.2, 0.25) is 5.91 Å². The van der Waals surface area contributed by atoms with Gasteiger partial charge in [-0.2, -0.15) is 0 Å². The van der Waals surface area contributed by atoms with Crippen LogP contribution < -0.4 is 10.6 Å². The summed E-state index contributed by atoms with van der Waals surface area (Å²) in [5.41, 5.74) is 3.32. The van der Waals surface area contributed by atoms with E-state index >= 15 is 0 Å². The number of rotatable bonds is 5. The number of anilines is 1. The summed E-state index contributed by atoms with van der Waals surface area (Å²) in [7, 11) is 0. The van der Waals surface area contributed by atoms with Crippen molar-refractivity contribution in [3.05, 3.63) is 83.4 Å². The molecule has 1 saturated heterocycles. The van der Waals surface area contributed by atoms with Crippen LogP contribution in [-0.2, 0) is 9.59 Å². The van der Waals surface area contributed by atoms with Crippen LogP contribution in [0.15, 0.2) is 66.5 Å². The van der Waals surface area contributed by atoms with Gasteiger partial charge < -0.3 is 15.2 Å². The molecule has 4 rings (SSSR count). The number of para-hydroxylation sites is 1. The van der Waals surface area contributed by atoms with Gasteiger partial charge >= 0.3 is 6.03 Å². The van der Waals surface area contributed by atoms with Crippen LogP contribution >= 0.6 is 0 Å². The minimum absolute atomic E-state index is 0.124. The Morgan fingerprint density at radius 3 is 2.55 bits per heavy atom. The molecule has 3 heterocycles. The lowest BCUT2D eigenvalue weighted by molar-refractivity contribution is -0.127. The number of urea groups is 1. The largest absolute Gasteiger partial charge is 0.329 e. The number of carbonyl (C=O) groups is 3. The van der Waals surface area contributed by atoms with Gasteiger partial charge in [-0.15, -0.1) is 0 Å². The molecule has 1 aliphatic heterocycles. The zero-order valence-electron chi connectivity index (χ0n) is 17.1. The normalized spacial score (nSPS) is 14.8. The van der Waals surface area contributed by atoms with E-state index in [2.05, 4.69) is 15.6 Å². The Balaban J connectivity index is 1.53. The molecule has 0 unspecified atom stereocenters. The number of imide groups is 1. The van der Waals surface area contributed by atoms with Crippen LogP contribution in [0.4, 0.5) is 10.5 Å². The average Bonchev–Trinajstić information content (AvgIpc) is 3.18. The molecule has 0 aliphatic carbocycles. The summed E-state index contributed by atoms with van der Waals surface area (Å²) in [4.78, 5) is 42.6. The fraction of sp³-hybridized carbons (Fsp3) is 0.130. The smallest absolute Gasteiger partial charge is 0.325 e. The van der Waals surface area contributed by atoms with E-state index in [1.165, 1.54) is 0 Å². The van der Waals surface area contributed by atoms with Gasteiger partial charge in [-0.3, -0.25) is 9.59 Å². The number of hydrogen-bond donors (Lipinski definition) is 2. The highest BCUT2D eigenvalue weighted by Gasteiger charge is 2.35. The van der Waals surface area contributed by atoms with Crippen molar-refractivity contribution in [2.45, 2.75) is 13.8 Å². The molecule has 0 radical (unpaired) electrons. The first-order valence-electron chi connectivity index (χ1n) is 9.74. The summed E-state index contributed by atoms with van der Waals surface area (Å²) in [6.07, 6.45) is 3.34. The molecule has 0 spiro atoms. The maximum absolute atomic E-state index is 12.8. The maximum atomic E-state index is 12.8. The Labute approximate surface area is 179 Å². The van der Waals surface area contributed by atoms with E-state index in [1.54, 1.807) is 36.5 Å². The quantitative estimate of drug-likeness (QED) is 0.495. The molecule has 3 aromatic rings. The van der Waals surface area contributed by atoms with E-state index in [1.807, 2.05) is 48.7 Å². The molecule has 2 N–H and O–H groups in total. The van der Waals surface area contributed by atoms with Gasteiger partial charge in [-0.05, 0) is 55.8 Å². The number of benzene rings is 1. The van der Waals surface area contributed by atoms with Crippen LogP contribution in [-0.4, -0.2) is 38.8 Å². The molecule has 1 aromatic carbocycles. The molecule has 8 heteroatoms. The molecular weight excluding hydrogens is 394 g/mol. The van der Waals surface area contributed by atoms with Crippen molar-refractivity contribution in [3.8, 4) is 5.82 Å². The molecule has 31 heavy (non-hydrogen) atoms. The SMILES string of the molecule is Cc1cc(/C=C2\NC(=O)N(CC(=O)Nc3ccccc3)C2=O)c(C)n1-c1ccccn1. The second-order valence-electron chi connectivity index (χ2n) is 7.14. The first-order valence-corrected chi connectivity index (χ1v) is 9.74. The summed E-state index contributed by atoms with van der Waals surface area (Å²) in [5, 5.41) is 5.23. The monoisotopic (exact) mass is 415 g/mol. The predicted octanol–water partition coefficient (Wildman–Crippen LogP) is 3.02. The van der Waals surface area contributed by atoms with Crippen molar-refractivity contribution >= 4 is 29.6 Å². The number of carbonyl (C=O) groups excluding carboxylic acids is 3. The third kappa shape index (κ3) is 4.09. The first-order chi connectivity index (χ1) is 14.9. The van der Waals surface area contributed by atoms with Gasteiger partial charge in [0, 0.05) is 23.3 Å². The molecule has 1 aliphatic rings. The van der Waals surface area contributed by atoms with Crippen molar-refractivity contribution in [2.75, 3.05) is 11.9 Å². The predicted molar refractivity (Wildman–Crippen MR) is 116 cm³/mol. The topological polar surface area (TPSA) is 96.3 Å². The minimum atomic E-state index is -0.627. The van der Waals surface area contributed by atoms with E-state index in [9.17, 15) is 14.4 Å². The fourth-order valence-corrected chi connectivity index (χ4v) is 3.51. The zero-order valence-corrected chi connectivity index (χ0v) is 17.1. The molecular formula is C23H21N5O3. The number of aryl methyl sites for hydroxylation is 1. The van der Waals surface area contributed by atoms with Gasteiger partial charge in [-0.1, -0.05) is 24.3 Å². The average molecular weight is 415 g/mol. The van der Waals surface area contributed by atoms with Crippen LogP contribution in [0.25, 0.3) is 11.9 Å². The first kappa shape index (κ1) is 20.1. The van der Waals surface area contributed by atoms with Crippen molar-refractivity contribution in [2.24, 2.45) is 0 Å². The summed E-state index contributed by atoms with van der Waals surface area (Å²) in [6.45, 7) is 3.49. The number of hydrogen-bond acceptors (Lipinski definition) is 4. The number of pyridine rings is 1. The van der Waals surface area contributed by atoms with Gasteiger partial charge in [0.1, 0.15) is 18.1 Å². The fourth-order valence-electron chi connectivity index (χ4n) is 3.51. The molecule has 4 amide bonds. The van der Waals surface area contributed by atoms with E-state index in [-0.39, 0.29) is 12.2 Å². The molecule has 2 aromatic heterocycles. The Kier molecular flexibility index (Phi) is 5.36. The molecule has 156 valence electrons. The lowest BCUT2D eigenvalue weighted by Crippen LogP contribution is -2.38. The molecule has 0 saturated carbocycles. The van der Waals surface area contributed by atoms with Crippen LogP contribution in [0.2, 0.25) is 0 Å². The van der Waals surface area contributed by atoms with Crippen LogP contribution in [0.5, 0.6) is 0 Å². The third-order valence-electron chi connectivity index (χ3n) is 4.97. The van der Waals surface area contributed by atoms with Crippen molar-refractivity contribution in [1.29, 1.82) is 0 Å². The molecule has 0 atom stereocenters. The number of amides is 4. The van der Waals surface area contributed by atoms with E-state index in [0.717, 1.165) is 27.7 Å². The Morgan fingerprint density at radius 1 is 1.10 bits per heavy atom. The number of nitrogens with one attached hydrogen (secondary N) is 2. The van der Waals surface area contributed by atoms with E-state index < -0.39 is 17.8 Å². The highest BCUT2D eigenvalue weighted by molar-refractivity contribution is 6.16. The van der Waals surface area contributed by atoms with Gasteiger partial charge in [-0.25, -0.2) is 14.7 Å².